The summed E-state index contributed by atoms with van der Waals surface area (Å²) >= 11 is 6.29. The normalized spacial score (nSPS) is 17.8. The molecule has 0 bridgehead atoms. The van der Waals surface area contributed by atoms with Gasteiger partial charge in [0.15, 0.2) is 0 Å². The second-order valence-electron chi connectivity index (χ2n) is 10.3. The van der Waals surface area contributed by atoms with Gasteiger partial charge >= 0.3 is 0 Å². The standard InChI is InChI=1S/C30H30ClNO3/c1-17-7-9-21(15-19(17)3)27(33)25-26(20-10-12-22(13-11-20)30(4,5)6)32(29(35)28(25)34)24-16-23(31)14-8-18(24)2/h7-16,26,33H,1-6H3/b27-25+. The molecule has 1 atom stereocenters. The molecule has 0 aliphatic carbocycles. The number of nitrogens with zero attached hydrogens (tertiary/aromatic N) is 1. The molecule has 1 saturated heterocycles. The number of ketones is 1. The number of carbonyl (C=O) groups is 2. The van der Waals surface area contributed by atoms with Crippen LogP contribution < -0.4 is 4.90 Å². The van der Waals surface area contributed by atoms with Crippen molar-refractivity contribution in [3.63, 3.8) is 0 Å². The van der Waals surface area contributed by atoms with Crippen molar-refractivity contribution in [2.75, 3.05) is 4.90 Å². The molecule has 1 N–H and O–H groups in total. The molecular formula is C30H30ClNO3. The van der Waals surface area contributed by atoms with Gasteiger partial charge in [-0.3, -0.25) is 14.5 Å². The molecular weight excluding hydrogens is 458 g/mol. The molecule has 1 fully saturated rings. The molecule has 1 aliphatic heterocycles. The van der Waals surface area contributed by atoms with Crippen LogP contribution >= 0.6 is 11.6 Å². The van der Waals surface area contributed by atoms with E-state index in [-0.39, 0.29) is 16.7 Å². The zero-order valence-electron chi connectivity index (χ0n) is 20.9. The number of aliphatic hydroxyl groups is 1. The fraction of sp³-hybridized carbons (Fsp3) is 0.267. The van der Waals surface area contributed by atoms with Crippen LogP contribution in [0.4, 0.5) is 5.69 Å². The van der Waals surface area contributed by atoms with E-state index in [1.165, 1.54) is 4.90 Å². The summed E-state index contributed by atoms with van der Waals surface area (Å²) in [4.78, 5) is 28.3. The number of hydrogen-bond acceptors (Lipinski definition) is 3. The van der Waals surface area contributed by atoms with Crippen LogP contribution in [0.3, 0.4) is 0 Å². The molecule has 1 unspecified atom stereocenters. The molecule has 35 heavy (non-hydrogen) atoms. The highest BCUT2D eigenvalue weighted by Gasteiger charge is 2.47. The fourth-order valence-corrected chi connectivity index (χ4v) is 4.61. The molecule has 0 radical (unpaired) electrons. The largest absolute Gasteiger partial charge is 0.507 e. The van der Waals surface area contributed by atoms with Crippen molar-refractivity contribution in [3.05, 3.63) is 105 Å². The van der Waals surface area contributed by atoms with Crippen LogP contribution in [0.1, 0.15) is 60.2 Å². The number of amides is 1. The Morgan fingerprint density at radius 1 is 0.857 bits per heavy atom. The summed E-state index contributed by atoms with van der Waals surface area (Å²) in [5.41, 5.74) is 5.80. The highest BCUT2D eigenvalue weighted by atomic mass is 35.5. The van der Waals surface area contributed by atoms with E-state index < -0.39 is 17.7 Å². The monoisotopic (exact) mass is 487 g/mol. The lowest BCUT2D eigenvalue weighted by Crippen LogP contribution is -2.30. The lowest BCUT2D eigenvalue weighted by Gasteiger charge is -2.28. The molecule has 180 valence electrons. The number of anilines is 1. The third-order valence-corrected chi connectivity index (χ3v) is 6.98. The minimum atomic E-state index is -0.789. The highest BCUT2D eigenvalue weighted by Crippen LogP contribution is 2.44. The zero-order valence-corrected chi connectivity index (χ0v) is 21.7. The zero-order chi connectivity index (χ0) is 25.7. The van der Waals surface area contributed by atoms with Crippen LogP contribution in [0.5, 0.6) is 0 Å². The van der Waals surface area contributed by atoms with Crippen LogP contribution in [0.2, 0.25) is 5.02 Å². The van der Waals surface area contributed by atoms with Crippen LogP contribution in [0, 0.1) is 20.8 Å². The van der Waals surface area contributed by atoms with E-state index in [0.717, 1.165) is 27.8 Å². The van der Waals surface area contributed by atoms with Crippen LogP contribution in [-0.4, -0.2) is 16.8 Å². The predicted octanol–water partition coefficient (Wildman–Crippen LogP) is 7.19. The maximum atomic E-state index is 13.4. The van der Waals surface area contributed by atoms with E-state index in [9.17, 15) is 14.7 Å². The average Bonchev–Trinajstić information content (AvgIpc) is 3.06. The topological polar surface area (TPSA) is 57.6 Å². The first-order valence-corrected chi connectivity index (χ1v) is 12.0. The number of Topliss-reactive ketones (excluding diaryl/α,β-unsaturated/α-hetero) is 1. The second kappa shape index (κ2) is 9.01. The lowest BCUT2D eigenvalue weighted by molar-refractivity contribution is -0.132. The molecule has 4 rings (SSSR count). The van der Waals surface area contributed by atoms with E-state index in [0.29, 0.717) is 16.3 Å². The van der Waals surface area contributed by atoms with E-state index in [1.54, 1.807) is 18.2 Å². The van der Waals surface area contributed by atoms with Crippen molar-refractivity contribution in [2.24, 2.45) is 0 Å². The lowest BCUT2D eigenvalue weighted by atomic mass is 9.85. The second-order valence-corrected chi connectivity index (χ2v) is 10.7. The predicted molar refractivity (Wildman–Crippen MR) is 142 cm³/mol. The highest BCUT2D eigenvalue weighted by molar-refractivity contribution is 6.52. The Morgan fingerprint density at radius 2 is 1.49 bits per heavy atom. The summed E-state index contributed by atoms with van der Waals surface area (Å²) in [5, 5.41) is 11.8. The van der Waals surface area contributed by atoms with Gasteiger partial charge in [0.2, 0.25) is 0 Å². The Hall–Kier alpha value is -3.37. The van der Waals surface area contributed by atoms with Gasteiger partial charge in [0.25, 0.3) is 11.7 Å². The van der Waals surface area contributed by atoms with Crippen molar-refractivity contribution >= 4 is 34.7 Å². The molecule has 1 aliphatic rings. The van der Waals surface area contributed by atoms with Crippen molar-refractivity contribution in [2.45, 2.75) is 53.0 Å². The third kappa shape index (κ3) is 4.51. The van der Waals surface area contributed by atoms with Crippen molar-refractivity contribution < 1.29 is 14.7 Å². The number of hydrogen-bond donors (Lipinski definition) is 1. The number of benzene rings is 3. The van der Waals surface area contributed by atoms with E-state index in [2.05, 4.69) is 20.8 Å². The Bertz CT molecular complexity index is 1360. The summed E-state index contributed by atoms with van der Waals surface area (Å²) < 4.78 is 0. The van der Waals surface area contributed by atoms with Gasteiger partial charge in [0, 0.05) is 16.3 Å². The molecule has 0 spiro atoms. The molecule has 5 heteroatoms. The summed E-state index contributed by atoms with van der Waals surface area (Å²) in [6, 6.07) is 17.9. The van der Waals surface area contributed by atoms with Gasteiger partial charge in [-0.1, -0.05) is 74.8 Å². The Morgan fingerprint density at radius 3 is 2.09 bits per heavy atom. The minimum Gasteiger partial charge on any atom is -0.507 e. The van der Waals surface area contributed by atoms with E-state index in [1.807, 2.05) is 63.2 Å². The van der Waals surface area contributed by atoms with E-state index in [4.69, 9.17) is 11.6 Å². The molecule has 4 nitrogen and oxygen atoms in total. The van der Waals surface area contributed by atoms with Crippen molar-refractivity contribution in [1.29, 1.82) is 0 Å². The smallest absolute Gasteiger partial charge is 0.300 e. The third-order valence-electron chi connectivity index (χ3n) is 6.75. The Balaban J connectivity index is 1.97. The van der Waals surface area contributed by atoms with Gasteiger partial charge < -0.3 is 5.11 Å². The molecule has 0 saturated carbocycles. The molecule has 1 heterocycles. The minimum absolute atomic E-state index is 0.0523. The van der Waals surface area contributed by atoms with Crippen LogP contribution in [0.25, 0.3) is 5.76 Å². The first-order chi connectivity index (χ1) is 16.4. The van der Waals surface area contributed by atoms with Gasteiger partial charge in [-0.05, 0) is 72.2 Å². The molecule has 0 aromatic heterocycles. The number of aliphatic hydroxyl groups excluding tert-OH is 1. The quantitative estimate of drug-likeness (QED) is 0.241. The van der Waals surface area contributed by atoms with Crippen LogP contribution in [0.15, 0.2) is 66.2 Å². The molecule has 1 amide bonds. The van der Waals surface area contributed by atoms with E-state index >= 15 is 0 Å². The summed E-state index contributed by atoms with van der Waals surface area (Å²) in [6.07, 6.45) is 0. The maximum Gasteiger partial charge on any atom is 0.300 e. The van der Waals surface area contributed by atoms with Gasteiger partial charge in [0.05, 0.1) is 11.6 Å². The average molecular weight is 488 g/mol. The fourth-order valence-electron chi connectivity index (χ4n) is 4.45. The Labute approximate surface area is 211 Å². The first kappa shape index (κ1) is 24.7. The SMILES string of the molecule is Cc1ccc(/C(O)=C2\C(=O)C(=O)N(c3cc(Cl)ccc3C)C2c2ccc(C(C)(C)C)cc2)cc1C. The molecule has 3 aromatic carbocycles. The Kier molecular flexibility index (Phi) is 6.37. The van der Waals surface area contributed by atoms with Gasteiger partial charge in [-0.15, -0.1) is 0 Å². The van der Waals surface area contributed by atoms with Gasteiger partial charge in [-0.25, -0.2) is 0 Å². The summed E-state index contributed by atoms with van der Waals surface area (Å²) in [6.45, 7) is 12.2. The van der Waals surface area contributed by atoms with Crippen molar-refractivity contribution in [3.8, 4) is 0 Å². The van der Waals surface area contributed by atoms with Crippen molar-refractivity contribution in [1.82, 2.24) is 0 Å². The maximum absolute atomic E-state index is 13.4. The number of aryl methyl sites for hydroxylation is 3. The summed E-state index contributed by atoms with van der Waals surface area (Å²) in [5.74, 6) is -1.59. The van der Waals surface area contributed by atoms with Gasteiger partial charge in [-0.2, -0.15) is 0 Å². The molecule has 3 aromatic rings. The number of rotatable bonds is 3. The number of halogens is 1. The number of carbonyl (C=O) groups excluding carboxylic acids is 2. The summed E-state index contributed by atoms with van der Waals surface area (Å²) in [7, 11) is 0. The van der Waals surface area contributed by atoms with Crippen LogP contribution in [-0.2, 0) is 15.0 Å². The first-order valence-electron chi connectivity index (χ1n) is 11.7. The van der Waals surface area contributed by atoms with Gasteiger partial charge in [0.1, 0.15) is 5.76 Å².